The first-order chi connectivity index (χ1) is 5.09. The molecule has 0 aliphatic rings. The molecule has 0 amide bonds. The van der Waals surface area contributed by atoms with Gasteiger partial charge in [0.05, 0.1) is 0 Å². The third kappa shape index (κ3) is 4.41. The van der Waals surface area contributed by atoms with Gasteiger partial charge < -0.3 is 5.32 Å². The Morgan fingerprint density at radius 3 is 1.73 bits per heavy atom. The van der Waals surface area contributed by atoms with Gasteiger partial charge >= 0.3 is 0 Å². The zero-order chi connectivity index (χ0) is 8.85. The van der Waals surface area contributed by atoms with Gasteiger partial charge in [0.15, 0.2) is 0 Å². The summed E-state index contributed by atoms with van der Waals surface area (Å²) in [5.41, 5.74) is 0. The molecule has 0 fully saturated rings. The molecule has 0 atom stereocenters. The van der Waals surface area contributed by atoms with Crippen molar-refractivity contribution >= 4 is 0 Å². The molecule has 1 nitrogen and oxygen atoms in total. The molecular formula is C10H23N. The lowest BCUT2D eigenvalue weighted by atomic mass is 9.85. The molecule has 68 valence electrons. The van der Waals surface area contributed by atoms with Crippen LogP contribution in [0.4, 0.5) is 0 Å². The fraction of sp³-hybridized carbons (Fsp3) is 1.00. The Labute approximate surface area is 71.6 Å². The first-order valence-corrected chi connectivity index (χ1v) is 4.80. The van der Waals surface area contributed by atoms with Gasteiger partial charge in [-0.15, -0.1) is 0 Å². The Kier molecular flexibility index (Phi) is 5.57. The van der Waals surface area contributed by atoms with Gasteiger partial charge in [-0.25, -0.2) is 0 Å². The van der Waals surface area contributed by atoms with E-state index in [-0.39, 0.29) is 0 Å². The van der Waals surface area contributed by atoms with Crippen molar-refractivity contribution in [1.29, 1.82) is 0 Å². The Morgan fingerprint density at radius 1 is 1.00 bits per heavy atom. The maximum Gasteiger partial charge on any atom is -0.00157 e. The van der Waals surface area contributed by atoms with Crippen molar-refractivity contribution < 1.29 is 0 Å². The van der Waals surface area contributed by atoms with Crippen LogP contribution in [0.15, 0.2) is 0 Å². The molecule has 0 aromatic rings. The van der Waals surface area contributed by atoms with Crippen LogP contribution in [0.2, 0.25) is 0 Å². The van der Waals surface area contributed by atoms with Crippen LogP contribution >= 0.6 is 0 Å². The third-order valence-electron chi connectivity index (χ3n) is 2.34. The van der Waals surface area contributed by atoms with Crippen LogP contribution in [0, 0.1) is 17.8 Å². The van der Waals surface area contributed by atoms with Crippen LogP contribution in [0.5, 0.6) is 0 Å². The molecule has 0 heterocycles. The Hall–Kier alpha value is -0.0400. The molecule has 0 saturated heterocycles. The van der Waals surface area contributed by atoms with Crippen molar-refractivity contribution in [1.82, 2.24) is 5.32 Å². The van der Waals surface area contributed by atoms with E-state index in [4.69, 9.17) is 0 Å². The summed E-state index contributed by atoms with van der Waals surface area (Å²) in [4.78, 5) is 0. The molecular weight excluding hydrogens is 134 g/mol. The van der Waals surface area contributed by atoms with E-state index in [0.29, 0.717) is 0 Å². The monoisotopic (exact) mass is 157 g/mol. The van der Waals surface area contributed by atoms with E-state index in [0.717, 1.165) is 24.3 Å². The van der Waals surface area contributed by atoms with Crippen molar-refractivity contribution in [3.8, 4) is 0 Å². The van der Waals surface area contributed by atoms with E-state index in [1.807, 2.05) is 0 Å². The minimum atomic E-state index is 0.800. The second-order valence-electron chi connectivity index (χ2n) is 3.96. The molecule has 0 aliphatic carbocycles. The number of nitrogens with one attached hydrogen (secondary N) is 1. The van der Waals surface area contributed by atoms with Crippen LogP contribution in [0.25, 0.3) is 0 Å². The lowest BCUT2D eigenvalue weighted by Gasteiger charge is -2.24. The highest BCUT2D eigenvalue weighted by molar-refractivity contribution is 4.68. The third-order valence-corrected chi connectivity index (χ3v) is 2.34. The van der Waals surface area contributed by atoms with Gasteiger partial charge in [0, 0.05) is 0 Å². The Balaban J connectivity index is 3.70. The Morgan fingerprint density at radius 2 is 1.45 bits per heavy atom. The van der Waals surface area contributed by atoms with E-state index in [9.17, 15) is 0 Å². The molecule has 1 heteroatoms. The van der Waals surface area contributed by atoms with Gasteiger partial charge in [0.1, 0.15) is 0 Å². The maximum absolute atomic E-state index is 3.41. The van der Waals surface area contributed by atoms with Gasteiger partial charge in [0.25, 0.3) is 0 Å². The molecule has 0 aliphatic heterocycles. The summed E-state index contributed by atoms with van der Waals surface area (Å²) in [6.45, 7) is 13.7. The smallest absolute Gasteiger partial charge is 0.00157 e. The standard InChI is InChI=1S/C10H23N/c1-6-11-7-10(8(2)3)9(4)5/h8-11H,6-7H2,1-5H3. The van der Waals surface area contributed by atoms with E-state index in [1.54, 1.807) is 0 Å². The molecule has 0 spiro atoms. The van der Waals surface area contributed by atoms with E-state index >= 15 is 0 Å². The first-order valence-electron chi connectivity index (χ1n) is 4.80. The largest absolute Gasteiger partial charge is 0.317 e. The molecule has 0 bridgehead atoms. The molecule has 0 unspecified atom stereocenters. The number of hydrogen-bond donors (Lipinski definition) is 1. The fourth-order valence-corrected chi connectivity index (χ4v) is 1.55. The van der Waals surface area contributed by atoms with Crippen LogP contribution < -0.4 is 5.32 Å². The van der Waals surface area contributed by atoms with Crippen molar-refractivity contribution in [2.45, 2.75) is 34.6 Å². The van der Waals surface area contributed by atoms with Gasteiger partial charge in [0.2, 0.25) is 0 Å². The second kappa shape index (κ2) is 5.59. The summed E-state index contributed by atoms with van der Waals surface area (Å²) in [6.07, 6.45) is 0. The lowest BCUT2D eigenvalue weighted by Crippen LogP contribution is -2.29. The molecule has 0 rings (SSSR count). The van der Waals surface area contributed by atoms with Gasteiger partial charge in [-0.2, -0.15) is 0 Å². The number of hydrogen-bond acceptors (Lipinski definition) is 1. The van der Waals surface area contributed by atoms with E-state index < -0.39 is 0 Å². The predicted octanol–water partition coefficient (Wildman–Crippen LogP) is 2.52. The fourth-order valence-electron chi connectivity index (χ4n) is 1.55. The van der Waals surface area contributed by atoms with Crippen molar-refractivity contribution in [3.63, 3.8) is 0 Å². The van der Waals surface area contributed by atoms with Crippen molar-refractivity contribution in [3.05, 3.63) is 0 Å². The van der Waals surface area contributed by atoms with E-state index in [2.05, 4.69) is 39.9 Å². The quantitative estimate of drug-likeness (QED) is 0.646. The topological polar surface area (TPSA) is 12.0 Å². The summed E-state index contributed by atoms with van der Waals surface area (Å²) in [7, 11) is 0. The van der Waals surface area contributed by atoms with E-state index in [1.165, 1.54) is 6.54 Å². The minimum Gasteiger partial charge on any atom is -0.317 e. The zero-order valence-corrected chi connectivity index (χ0v) is 8.65. The zero-order valence-electron chi connectivity index (χ0n) is 8.65. The number of rotatable bonds is 5. The summed E-state index contributed by atoms with van der Waals surface area (Å²) in [5, 5.41) is 3.41. The highest BCUT2D eigenvalue weighted by Crippen LogP contribution is 2.18. The normalized spacial score (nSPS) is 12.0. The maximum atomic E-state index is 3.41. The average molecular weight is 157 g/mol. The summed E-state index contributed by atoms with van der Waals surface area (Å²) < 4.78 is 0. The molecule has 0 saturated carbocycles. The molecule has 0 radical (unpaired) electrons. The highest BCUT2D eigenvalue weighted by Gasteiger charge is 2.15. The van der Waals surface area contributed by atoms with Gasteiger partial charge in [-0.3, -0.25) is 0 Å². The minimum absolute atomic E-state index is 0.800. The van der Waals surface area contributed by atoms with Crippen LogP contribution in [0.1, 0.15) is 34.6 Å². The van der Waals surface area contributed by atoms with Crippen molar-refractivity contribution in [2.24, 2.45) is 17.8 Å². The SMILES string of the molecule is CCNCC(C(C)C)C(C)C. The first kappa shape index (κ1) is 11.0. The lowest BCUT2D eigenvalue weighted by molar-refractivity contribution is 0.278. The molecule has 0 aromatic carbocycles. The Bertz CT molecular complexity index is 78.9. The average Bonchev–Trinajstić information content (AvgIpc) is 1.87. The molecule has 11 heavy (non-hydrogen) atoms. The van der Waals surface area contributed by atoms with Gasteiger partial charge in [-0.1, -0.05) is 34.6 Å². The summed E-state index contributed by atoms with van der Waals surface area (Å²) >= 11 is 0. The summed E-state index contributed by atoms with van der Waals surface area (Å²) in [5.74, 6) is 2.43. The van der Waals surface area contributed by atoms with Gasteiger partial charge in [-0.05, 0) is 30.8 Å². The van der Waals surface area contributed by atoms with Crippen LogP contribution in [0.3, 0.4) is 0 Å². The second-order valence-corrected chi connectivity index (χ2v) is 3.96. The van der Waals surface area contributed by atoms with Crippen LogP contribution in [-0.2, 0) is 0 Å². The van der Waals surface area contributed by atoms with Crippen molar-refractivity contribution in [2.75, 3.05) is 13.1 Å². The predicted molar refractivity (Wildman–Crippen MR) is 51.7 cm³/mol. The highest BCUT2D eigenvalue weighted by atomic mass is 14.8. The molecule has 1 N–H and O–H groups in total. The van der Waals surface area contributed by atoms with Crippen LogP contribution in [-0.4, -0.2) is 13.1 Å². The molecule has 0 aromatic heterocycles. The summed E-state index contributed by atoms with van der Waals surface area (Å²) in [6, 6.07) is 0.